The highest BCUT2D eigenvalue weighted by Crippen LogP contribution is 2.22. The quantitative estimate of drug-likeness (QED) is 0.458. The van der Waals surface area contributed by atoms with Gasteiger partial charge in [0.1, 0.15) is 11.3 Å². The van der Waals surface area contributed by atoms with Crippen LogP contribution in [0.15, 0.2) is 41.6 Å². The number of aromatic nitrogens is 3. The Hall–Kier alpha value is -3.46. The molecule has 2 aromatic heterocycles. The summed E-state index contributed by atoms with van der Waals surface area (Å²) in [5, 5.41) is 7.41. The van der Waals surface area contributed by atoms with Crippen LogP contribution in [0.5, 0.6) is 0 Å². The van der Waals surface area contributed by atoms with Crippen LogP contribution in [-0.4, -0.2) is 58.8 Å². The van der Waals surface area contributed by atoms with E-state index >= 15 is 0 Å². The van der Waals surface area contributed by atoms with Crippen molar-refractivity contribution in [3.05, 3.63) is 53.3 Å². The van der Waals surface area contributed by atoms with E-state index < -0.39 is 0 Å². The normalized spacial score (nSPS) is 17.0. The second kappa shape index (κ2) is 8.96. The van der Waals surface area contributed by atoms with E-state index in [9.17, 15) is 4.79 Å². The number of ether oxygens (including phenoxy) is 1. The van der Waals surface area contributed by atoms with E-state index in [2.05, 4.69) is 31.8 Å². The van der Waals surface area contributed by atoms with Crippen LogP contribution < -0.4 is 15.6 Å². The highest BCUT2D eigenvalue weighted by atomic mass is 16.5. The number of carbonyl (C=O) groups is 1. The number of anilines is 2. The molecule has 0 unspecified atom stereocenters. The van der Waals surface area contributed by atoms with Crippen LogP contribution in [0.1, 0.15) is 40.9 Å². The maximum absolute atomic E-state index is 12.7. The van der Waals surface area contributed by atoms with Crippen molar-refractivity contribution in [3.63, 3.8) is 0 Å². The lowest BCUT2D eigenvalue weighted by molar-refractivity contribution is 0.0912. The second-order valence-corrected chi connectivity index (χ2v) is 8.28. The molecule has 2 N–H and O–H groups in total. The van der Waals surface area contributed by atoms with Gasteiger partial charge in [-0.15, -0.1) is 0 Å². The summed E-state index contributed by atoms with van der Waals surface area (Å²) in [7, 11) is 0. The maximum atomic E-state index is 12.7. The molecule has 2 fully saturated rings. The summed E-state index contributed by atoms with van der Waals surface area (Å²) in [6.45, 7) is 4.76. The number of hydrogen-bond acceptors (Lipinski definition) is 7. The van der Waals surface area contributed by atoms with Gasteiger partial charge in [0.2, 0.25) is 5.95 Å². The fourth-order valence-corrected chi connectivity index (χ4v) is 3.86. The molecular weight excluding hydrogens is 406 g/mol. The molecule has 3 heterocycles. The fourth-order valence-electron chi connectivity index (χ4n) is 3.86. The molecule has 32 heavy (non-hydrogen) atoms. The van der Waals surface area contributed by atoms with Gasteiger partial charge in [0.15, 0.2) is 5.82 Å². The highest BCUT2D eigenvalue weighted by Gasteiger charge is 2.23. The Labute approximate surface area is 186 Å². The van der Waals surface area contributed by atoms with Crippen LogP contribution in [0.25, 0.3) is 5.65 Å². The predicted octanol–water partition coefficient (Wildman–Crippen LogP) is 2.60. The zero-order valence-corrected chi connectivity index (χ0v) is 18.1. The van der Waals surface area contributed by atoms with E-state index in [1.807, 2.05) is 29.5 Å². The molecule has 0 spiro atoms. The Morgan fingerprint density at radius 2 is 2.06 bits per heavy atom. The number of carbonyl (C=O) groups excluding carboxylic acids is 1. The summed E-state index contributed by atoms with van der Waals surface area (Å²) < 4.78 is 7.37. The van der Waals surface area contributed by atoms with Crippen LogP contribution in [0.2, 0.25) is 0 Å². The lowest BCUT2D eigenvalue weighted by Crippen LogP contribution is -2.39. The predicted molar refractivity (Wildman–Crippen MR) is 124 cm³/mol. The first-order chi connectivity index (χ1) is 15.7. The minimum Gasteiger partial charge on any atom is -0.378 e. The van der Waals surface area contributed by atoms with Crippen molar-refractivity contribution in [1.82, 2.24) is 19.7 Å². The maximum Gasteiger partial charge on any atom is 0.271 e. The van der Waals surface area contributed by atoms with Crippen LogP contribution >= 0.6 is 0 Å². The first-order valence-corrected chi connectivity index (χ1v) is 11.1. The van der Waals surface area contributed by atoms with Crippen molar-refractivity contribution in [2.45, 2.75) is 32.2 Å². The van der Waals surface area contributed by atoms with E-state index in [1.165, 1.54) is 12.0 Å². The topological polar surface area (TPSA) is 96.1 Å². The summed E-state index contributed by atoms with van der Waals surface area (Å²) in [5.41, 5.74) is 6.24. The Morgan fingerprint density at radius 3 is 2.81 bits per heavy atom. The van der Waals surface area contributed by atoms with E-state index in [4.69, 9.17) is 9.72 Å². The molecule has 9 nitrogen and oxygen atoms in total. The summed E-state index contributed by atoms with van der Waals surface area (Å²) in [6, 6.07) is 10.2. The third-order valence-electron chi connectivity index (χ3n) is 5.84. The number of fused-ring (bicyclic) bond motifs is 1. The smallest absolute Gasteiger partial charge is 0.271 e. The average molecular weight is 434 g/mol. The summed E-state index contributed by atoms with van der Waals surface area (Å²) in [5.74, 6) is 1.15. The zero-order valence-electron chi connectivity index (χ0n) is 18.1. The molecule has 0 bridgehead atoms. The Morgan fingerprint density at radius 1 is 1.22 bits per heavy atom. The number of amides is 1. The van der Waals surface area contributed by atoms with Gasteiger partial charge in [-0.05, 0) is 31.7 Å². The van der Waals surface area contributed by atoms with Crippen molar-refractivity contribution in [3.8, 4) is 0 Å². The molecule has 3 aromatic rings. The van der Waals surface area contributed by atoms with Gasteiger partial charge < -0.3 is 15.0 Å². The number of nitrogens with zero attached hydrogens (tertiary/aromatic N) is 5. The molecule has 0 radical (unpaired) electrons. The Kier molecular flexibility index (Phi) is 5.72. The van der Waals surface area contributed by atoms with Crippen LogP contribution in [0, 0.1) is 6.92 Å². The van der Waals surface area contributed by atoms with Gasteiger partial charge in [-0.1, -0.05) is 29.8 Å². The molecule has 1 aromatic carbocycles. The van der Waals surface area contributed by atoms with Crippen molar-refractivity contribution in [2.24, 2.45) is 5.10 Å². The number of benzene rings is 1. The van der Waals surface area contributed by atoms with Crippen LogP contribution in [0.4, 0.5) is 11.8 Å². The number of morpholine rings is 1. The van der Waals surface area contributed by atoms with Crippen LogP contribution in [-0.2, 0) is 4.74 Å². The number of aryl methyl sites for hydroxylation is 1. The van der Waals surface area contributed by atoms with Crippen molar-refractivity contribution in [1.29, 1.82) is 0 Å². The molecule has 166 valence electrons. The first-order valence-electron chi connectivity index (χ1n) is 11.1. The number of nitrogens with one attached hydrogen (secondary N) is 2. The molecule has 0 atom stereocenters. The van der Waals surface area contributed by atoms with Gasteiger partial charge in [-0.2, -0.15) is 10.1 Å². The van der Waals surface area contributed by atoms with Gasteiger partial charge in [-0.3, -0.25) is 14.6 Å². The third-order valence-corrected chi connectivity index (χ3v) is 5.84. The fraction of sp³-hybridized carbons (Fsp3) is 0.391. The van der Waals surface area contributed by atoms with Gasteiger partial charge in [0.05, 0.1) is 19.4 Å². The molecule has 1 aliphatic heterocycles. The molecular formula is C23H27N7O2. The molecule has 1 saturated carbocycles. The van der Waals surface area contributed by atoms with Crippen molar-refractivity contribution in [2.75, 3.05) is 36.6 Å². The molecule has 1 saturated heterocycles. The van der Waals surface area contributed by atoms with E-state index in [1.54, 1.807) is 18.5 Å². The number of hydrogen-bond donors (Lipinski definition) is 2. The molecule has 5 rings (SSSR count). The summed E-state index contributed by atoms with van der Waals surface area (Å²) >= 11 is 0. The minimum atomic E-state index is -0.140. The van der Waals surface area contributed by atoms with Crippen LogP contribution in [0.3, 0.4) is 0 Å². The molecule has 2 aliphatic rings. The third kappa shape index (κ3) is 4.43. The van der Waals surface area contributed by atoms with Gasteiger partial charge >= 0.3 is 0 Å². The lowest BCUT2D eigenvalue weighted by Gasteiger charge is -2.28. The largest absolute Gasteiger partial charge is 0.378 e. The average Bonchev–Trinajstić information content (AvgIpc) is 3.21. The van der Waals surface area contributed by atoms with E-state index in [0.717, 1.165) is 31.5 Å². The van der Waals surface area contributed by atoms with Gasteiger partial charge in [0.25, 0.3) is 5.91 Å². The van der Waals surface area contributed by atoms with Gasteiger partial charge in [0, 0.05) is 31.4 Å². The summed E-state index contributed by atoms with van der Waals surface area (Å²) in [6.07, 6.45) is 6.76. The molecule has 1 aliphatic carbocycles. The van der Waals surface area contributed by atoms with Crippen molar-refractivity contribution >= 4 is 29.5 Å². The monoisotopic (exact) mass is 433 g/mol. The SMILES string of the molecule is Cc1cccc(/C=N/Nc2cc3nc(C(=O)NC4CCC4)cn3c(N3CCOCC3)n2)c1. The molecule has 9 heteroatoms. The lowest BCUT2D eigenvalue weighted by atomic mass is 9.93. The zero-order chi connectivity index (χ0) is 21.9. The summed E-state index contributed by atoms with van der Waals surface area (Å²) in [4.78, 5) is 24.2. The Balaban J connectivity index is 1.43. The second-order valence-electron chi connectivity index (χ2n) is 8.28. The standard InChI is InChI=1S/C23H27N7O2/c1-16-4-2-5-17(12-16)14-24-28-20-13-21-26-19(22(31)25-18-6-3-7-18)15-30(21)23(27-20)29-8-10-32-11-9-29/h2,4-5,12-15,18,28H,3,6-11H2,1H3,(H,25,31)/b24-14+. The number of imidazole rings is 1. The minimum absolute atomic E-state index is 0.140. The van der Waals surface area contributed by atoms with Gasteiger partial charge in [-0.25, -0.2) is 4.98 Å². The first kappa shape index (κ1) is 20.4. The highest BCUT2D eigenvalue weighted by molar-refractivity contribution is 5.93. The Bertz CT molecular complexity index is 1150. The van der Waals surface area contributed by atoms with E-state index in [0.29, 0.717) is 36.3 Å². The molecule has 1 amide bonds. The number of rotatable bonds is 6. The number of hydrazone groups is 1. The van der Waals surface area contributed by atoms with E-state index in [-0.39, 0.29) is 11.9 Å². The van der Waals surface area contributed by atoms with Crippen molar-refractivity contribution < 1.29 is 9.53 Å².